The van der Waals surface area contributed by atoms with Crippen LogP contribution in [0.2, 0.25) is 0 Å². The number of nitriles is 1. The number of hydrogen-bond donors (Lipinski definition) is 2. The van der Waals surface area contributed by atoms with Gasteiger partial charge in [-0.05, 0) is 30.0 Å². The van der Waals surface area contributed by atoms with Gasteiger partial charge in [-0.2, -0.15) is 15.5 Å². The van der Waals surface area contributed by atoms with E-state index in [1.807, 2.05) is 62.5 Å². The second kappa shape index (κ2) is 7.45. The second-order valence-corrected chi connectivity index (χ2v) is 7.84. The van der Waals surface area contributed by atoms with Gasteiger partial charge in [-0.15, -0.1) is 0 Å². The van der Waals surface area contributed by atoms with Gasteiger partial charge < -0.3 is 5.73 Å². The van der Waals surface area contributed by atoms with Crippen molar-refractivity contribution in [1.82, 2.24) is 20.0 Å². The Morgan fingerprint density at radius 2 is 1.88 bits per heavy atom. The van der Waals surface area contributed by atoms with E-state index in [0.717, 1.165) is 33.2 Å². The lowest BCUT2D eigenvalue weighted by atomic mass is 9.93. The molecule has 0 aliphatic heterocycles. The molecule has 0 saturated heterocycles. The summed E-state index contributed by atoms with van der Waals surface area (Å²) in [6.07, 6.45) is 1.78. The number of benzene rings is 3. The summed E-state index contributed by atoms with van der Waals surface area (Å²) in [4.78, 5) is 12.3. The van der Waals surface area contributed by atoms with E-state index in [4.69, 9.17) is 5.73 Å². The van der Waals surface area contributed by atoms with Crippen molar-refractivity contribution >= 4 is 21.5 Å². The number of fused-ring (bicyclic) bond motifs is 2. The second-order valence-electron chi connectivity index (χ2n) is 7.84. The zero-order valence-electron chi connectivity index (χ0n) is 17.6. The Kier molecular flexibility index (Phi) is 4.58. The summed E-state index contributed by atoms with van der Waals surface area (Å²) in [5, 5.41) is 24.3. The quantitative estimate of drug-likeness (QED) is 0.457. The van der Waals surface area contributed by atoms with Gasteiger partial charge in [0.2, 0.25) is 0 Å². The van der Waals surface area contributed by atoms with Crippen molar-refractivity contribution in [2.75, 3.05) is 0 Å². The first-order valence-electron chi connectivity index (χ1n) is 10.2. The molecule has 2 aromatic heterocycles. The number of nitrogens with zero attached hydrogens (tertiary/aromatic N) is 4. The van der Waals surface area contributed by atoms with E-state index >= 15 is 0 Å². The molecule has 0 bridgehead atoms. The van der Waals surface area contributed by atoms with Crippen LogP contribution in [-0.2, 0) is 7.05 Å². The molecule has 5 rings (SSSR count). The van der Waals surface area contributed by atoms with Gasteiger partial charge in [0.1, 0.15) is 6.07 Å². The summed E-state index contributed by atoms with van der Waals surface area (Å²) in [6.45, 7) is 1.83. The van der Waals surface area contributed by atoms with Crippen LogP contribution in [0.5, 0.6) is 0 Å². The maximum Gasteiger partial charge on any atom is 0.272 e. The topological polar surface area (TPSA) is 113 Å². The van der Waals surface area contributed by atoms with Crippen molar-refractivity contribution in [2.24, 2.45) is 12.8 Å². The molecular weight excluding hydrogens is 400 g/mol. The first-order valence-corrected chi connectivity index (χ1v) is 10.2. The number of aromatic nitrogens is 4. The smallest absolute Gasteiger partial charge is 0.272 e. The summed E-state index contributed by atoms with van der Waals surface area (Å²) in [6, 6.07) is 19.4. The fraction of sp³-hybridized carbons (Fsp3) is 0.120. The van der Waals surface area contributed by atoms with Crippen LogP contribution in [0.1, 0.15) is 24.2 Å². The molecule has 7 heteroatoms. The molecule has 0 amide bonds. The van der Waals surface area contributed by atoms with Crippen LogP contribution in [-0.4, -0.2) is 20.0 Å². The lowest BCUT2D eigenvalue weighted by molar-refractivity contribution is 0.759. The molecule has 0 saturated carbocycles. The molecule has 0 unspecified atom stereocenters. The highest BCUT2D eigenvalue weighted by molar-refractivity contribution is 5.97. The molecule has 5 aromatic rings. The van der Waals surface area contributed by atoms with E-state index in [-0.39, 0.29) is 11.6 Å². The maximum atomic E-state index is 12.3. The van der Waals surface area contributed by atoms with Gasteiger partial charge in [-0.3, -0.25) is 9.48 Å². The molecule has 0 spiro atoms. The first kappa shape index (κ1) is 19.7. The molecule has 7 nitrogen and oxygen atoms in total. The van der Waals surface area contributed by atoms with E-state index in [9.17, 15) is 10.1 Å². The average molecular weight is 420 g/mol. The monoisotopic (exact) mass is 420 g/mol. The Labute approximate surface area is 183 Å². The molecule has 156 valence electrons. The molecule has 3 aromatic carbocycles. The van der Waals surface area contributed by atoms with Crippen LogP contribution in [0.3, 0.4) is 0 Å². The minimum absolute atomic E-state index is 0.261. The number of rotatable bonds is 3. The van der Waals surface area contributed by atoms with Gasteiger partial charge in [-0.25, -0.2) is 5.10 Å². The van der Waals surface area contributed by atoms with Crippen LogP contribution in [0, 0.1) is 11.3 Å². The molecule has 1 atom stereocenters. The van der Waals surface area contributed by atoms with Crippen molar-refractivity contribution in [2.45, 2.75) is 13.0 Å². The Hall–Kier alpha value is -4.28. The van der Waals surface area contributed by atoms with Gasteiger partial charge in [0, 0.05) is 35.0 Å². The number of H-pyrrole nitrogens is 1. The highest BCUT2D eigenvalue weighted by Crippen LogP contribution is 2.37. The number of hydrogen-bond acceptors (Lipinski definition) is 5. The number of aryl methyl sites for hydroxylation is 1. The third-order valence-electron chi connectivity index (χ3n) is 5.80. The van der Waals surface area contributed by atoms with Gasteiger partial charge in [0.15, 0.2) is 0 Å². The fourth-order valence-electron chi connectivity index (χ4n) is 4.26. The van der Waals surface area contributed by atoms with E-state index in [0.29, 0.717) is 22.0 Å². The molecule has 0 aliphatic rings. The standard InChI is InChI=1S/C25H20N6O/c1-14(27)23-20-11-16(8-10-19(20)25(32)30-29-23)22-13-28-31(2)24(22)18-9-7-15-5-3-4-6-17(15)21(18)12-26/h3-11,13-14H,27H2,1-2H3,(H,30,32)/t14-/m1/s1. The minimum Gasteiger partial charge on any atom is -0.323 e. The minimum atomic E-state index is -0.344. The highest BCUT2D eigenvalue weighted by Gasteiger charge is 2.19. The van der Waals surface area contributed by atoms with Crippen molar-refractivity contribution < 1.29 is 0 Å². The van der Waals surface area contributed by atoms with Crippen molar-refractivity contribution in [3.8, 4) is 28.5 Å². The predicted octanol–water partition coefficient (Wildman–Crippen LogP) is 4.04. The third-order valence-corrected chi connectivity index (χ3v) is 5.80. The summed E-state index contributed by atoms with van der Waals surface area (Å²) >= 11 is 0. The van der Waals surface area contributed by atoms with Crippen LogP contribution in [0.25, 0.3) is 43.9 Å². The van der Waals surface area contributed by atoms with Gasteiger partial charge in [-0.1, -0.05) is 42.5 Å². The van der Waals surface area contributed by atoms with Crippen molar-refractivity contribution in [1.29, 1.82) is 5.26 Å². The largest absolute Gasteiger partial charge is 0.323 e. The zero-order valence-corrected chi connectivity index (χ0v) is 17.6. The average Bonchev–Trinajstić information content (AvgIpc) is 3.19. The van der Waals surface area contributed by atoms with Crippen LogP contribution in [0.15, 0.2) is 65.6 Å². The molecule has 3 N–H and O–H groups in total. The number of nitrogens with one attached hydrogen (secondary N) is 1. The van der Waals surface area contributed by atoms with Crippen molar-refractivity contribution in [3.05, 3.63) is 82.4 Å². The zero-order chi connectivity index (χ0) is 22.4. The highest BCUT2D eigenvalue weighted by atomic mass is 16.1. The van der Waals surface area contributed by atoms with Gasteiger partial charge >= 0.3 is 0 Å². The molecule has 0 radical (unpaired) electrons. The summed E-state index contributed by atoms with van der Waals surface area (Å²) in [5.41, 5.74) is 10.4. The Bertz CT molecular complexity index is 1600. The SMILES string of the molecule is C[C@@H](N)c1n[nH]c(=O)c2ccc(-c3cnn(C)c3-c3ccc4ccccc4c3C#N)cc12. The Morgan fingerprint density at radius 3 is 2.66 bits per heavy atom. The van der Waals surface area contributed by atoms with E-state index in [1.165, 1.54) is 0 Å². The van der Waals surface area contributed by atoms with E-state index in [1.54, 1.807) is 16.9 Å². The summed E-state index contributed by atoms with van der Waals surface area (Å²) in [5.74, 6) is 0. The van der Waals surface area contributed by atoms with E-state index in [2.05, 4.69) is 21.4 Å². The molecule has 0 aliphatic carbocycles. The van der Waals surface area contributed by atoms with E-state index < -0.39 is 0 Å². The third kappa shape index (κ3) is 2.97. The normalized spacial score (nSPS) is 12.2. The lowest BCUT2D eigenvalue weighted by Gasteiger charge is -2.12. The van der Waals surface area contributed by atoms with Crippen LogP contribution in [0.4, 0.5) is 0 Å². The Balaban J connectivity index is 1.79. The van der Waals surface area contributed by atoms with Crippen LogP contribution < -0.4 is 11.3 Å². The number of nitrogens with two attached hydrogens (primary N) is 1. The summed E-state index contributed by atoms with van der Waals surface area (Å²) in [7, 11) is 1.86. The van der Waals surface area contributed by atoms with Gasteiger partial charge in [0.25, 0.3) is 5.56 Å². The first-order chi connectivity index (χ1) is 15.5. The molecule has 2 heterocycles. The van der Waals surface area contributed by atoms with Crippen molar-refractivity contribution in [3.63, 3.8) is 0 Å². The van der Waals surface area contributed by atoms with Crippen LogP contribution >= 0.6 is 0 Å². The molecular formula is C25H20N6O. The molecule has 0 fully saturated rings. The number of aromatic amines is 1. The lowest BCUT2D eigenvalue weighted by Crippen LogP contribution is -2.16. The molecule has 32 heavy (non-hydrogen) atoms. The van der Waals surface area contributed by atoms with Gasteiger partial charge in [0.05, 0.1) is 28.5 Å². The maximum absolute atomic E-state index is 12.3. The predicted molar refractivity (Wildman–Crippen MR) is 125 cm³/mol. The fourth-order valence-corrected chi connectivity index (χ4v) is 4.26. The Morgan fingerprint density at radius 1 is 1.06 bits per heavy atom. The summed E-state index contributed by atoms with van der Waals surface area (Å²) < 4.78 is 1.77.